The third-order valence-corrected chi connectivity index (χ3v) is 5.30. The number of esters is 1. The van der Waals surface area contributed by atoms with Gasteiger partial charge in [0.25, 0.3) is 0 Å². The van der Waals surface area contributed by atoms with E-state index in [4.69, 9.17) is 4.74 Å². The van der Waals surface area contributed by atoms with Crippen LogP contribution in [0, 0.1) is 0 Å². The zero-order valence-corrected chi connectivity index (χ0v) is 18.0. The number of hydrogen-bond donors (Lipinski definition) is 2. The van der Waals surface area contributed by atoms with E-state index in [1.807, 2.05) is 36.4 Å². The number of anilines is 1. The molecule has 0 saturated carbocycles. The van der Waals surface area contributed by atoms with Gasteiger partial charge in [0.15, 0.2) is 5.69 Å². The fourth-order valence-electron chi connectivity index (χ4n) is 3.80. The molecule has 8 heteroatoms. The number of hydrogen-bond acceptors (Lipinski definition) is 5. The van der Waals surface area contributed by atoms with Crippen LogP contribution in [0.2, 0.25) is 0 Å². The molecule has 2 N–H and O–H groups in total. The van der Waals surface area contributed by atoms with E-state index in [1.165, 1.54) is 5.56 Å². The summed E-state index contributed by atoms with van der Waals surface area (Å²) in [6.07, 6.45) is 2.61. The predicted molar refractivity (Wildman–Crippen MR) is 122 cm³/mol. The lowest BCUT2D eigenvalue weighted by Gasteiger charge is -2.17. The summed E-state index contributed by atoms with van der Waals surface area (Å²) < 4.78 is 6.55. The van der Waals surface area contributed by atoms with E-state index in [-0.39, 0.29) is 17.8 Å². The highest BCUT2D eigenvalue weighted by atomic mass is 16.5. The molecule has 1 aliphatic rings. The Balaban J connectivity index is 1.31. The summed E-state index contributed by atoms with van der Waals surface area (Å²) in [4.78, 5) is 26.7. The van der Waals surface area contributed by atoms with Crippen LogP contribution < -0.4 is 10.6 Å². The molecule has 8 nitrogen and oxygen atoms in total. The van der Waals surface area contributed by atoms with Crippen LogP contribution in [0.5, 0.6) is 0 Å². The number of urea groups is 1. The second-order valence-electron chi connectivity index (χ2n) is 7.72. The largest absolute Gasteiger partial charge is 0.461 e. The average molecular weight is 434 g/mol. The zero-order chi connectivity index (χ0) is 22.3. The lowest BCUT2D eigenvalue weighted by molar-refractivity contribution is 0.0519. The van der Waals surface area contributed by atoms with Gasteiger partial charge in [0.1, 0.15) is 0 Å². The number of rotatable bonds is 7. The average Bonchev–Trinajstić information content (AvgIpc) is 3.45. The van der Waals surface area contributed by atoms with Crippen molar-refractivity contribution in [2.75, 3.05) is 25.0 Å². The first-order chi connectivity index (χ1) is 15.6. The molecule has 2 heterocycles. The molecule has 2 aromatic carbocycles. The van der Waals surface area contributed by atoms with Gasteiger partial charge in [-0.2, -0.15) is 5.10 Å². The quantitative estimate of drug-likeness (QED) is 0.557. The maximum absolute atomic E-state index is 12.5. The van der Waals surface area contributed by atoms with E-state index in [1.54, 1.807) is 29.9 Å². The van der Waals surface area contributed by atoms with Gasteiger partial charge < -0.3 is 15.4 Å². The molecule has 3 aromatic rings. The van der Waals surface area contributed by atoms with Gasteiger partial charge in [0.2, 0.25) is 0 Å². The molecule has 2 amide bonds. The molecule has 4 rings (SSSR count). The van der Waals surface area contributed by atoms with Gasteiger partial charge >= 0.3 is 12.0 Å². The minimum Gasteiger partial charge on any atom is -0.461 e. The van der Waals surface area contributed by atoms with Gasteiger partial charge in [0.05, 0.1) is 12.3 Å². The lowest BCUT2D eigenvalue weighted by atomic mass is 10.2. The molecule has 1 atom stereocenters. The fraction of sp³-hybridized carbons (Fsp3) is 0.292. The first-order valence-electron chi connectivity index (χ1n) is 10.8. The van der Waals surface area contributed by atoms with Crippen LogP contribution in [0.4, 0.5) is 10.5 Å². The highest BCUT2D eigenvalue weighted by Gasteiger charge is 2.23. The Hall–Kier alpha value is -3.65. The number of likely N-dealkylation sites (tertiary alicyclic amines) is 1. The summed E-state index contributed by atoms with van der Waals surface area (Å²) in [5.74, 6) is -0.460. The Kier molecular flexibility index (Phi) is 6.81. The van der Waals surface area contributed by atoms with Crippen LogP contribution in [0.1, 0.15) is 29.4 Å². The SMILES string of the molecule is CCOC(=O)c1ccn(-c2cccc(NC(=O)N[C@@H]3CCN(Cc4ccccc4)C3)c2)n1. The lowest BCUT2D eigenvalue weighted by Crippen LogP contribution is -2.39. The van der Waals surface area contributed by atoms with Crippen LogP contribution in [-0.4, -0.2) is 52.4 Å². The summed E-state index contributed by atoms with van der Waals surface area (Å²) in [5, 5.41) is 10.2. The summed E-state index contributed by atoms with van der Waals surface area (Å²) in [5.41, 5.74) is 2.89. The Morgan fingerprint density at radius 2 is 1.97 bits per heavy atom. The molecule has 0 radical (unpaired) electrons. The number of ether oxygens (including phenoxy) is 1. The molecule has 0 aliphatic carbocycles. The summed E-state index contributed by atoms with van der Waals surface area (Å²) in [6, 6.07) is 19.1. The molecule has 1 fully saturated rings. The second-order valence-corrected chi connectivity index (χ2v) is 7.72. The summed E-state index contributed by atoms with van der Waals surface area (Å²) in [7, 11) is 0. The van der Waals surface area contributed by atoms with Crippen LogP contribution in [0.3, 0.4) is 0 Å². The summed E-state index contributed by atoms with van der Waals surface area (Å²) >= 11 is 0. The highest BCUT2D eigenvalue weighted by Crippen LogP contribution is 2.16. The van der Waals surface area contributed by atoms with Crippen molar-refractivity contribution in [2.45, 2.75) is 25.9 Å². The number of amides is 2. The number of nitrogens with zero attached hydrogens (tertiary/aromatic N) is 3. The van der Waals surface area contributed by atoms with Crippen molar-refractivity contribution in [3.63, 3.8) is 0 Å². The standard InChI is InChI=1S/C24H27N5O3/c1-2-32-23(30)22-12-14-29(27-22)21-10-6-9-19(15-21)25-24(31)26-20-11-13-28(17-20)16-18-7-4-3-5-8-18/h3-10,12,14-15,20H,2,11,13,16-17H2,1H3,(H2,25,26,31)/t20-/m1/s1. The van der Waals surface area contributed by atoms with Crippen LogP contribution in [0.15, 0.2) is 66.9 Å². The number of carbonyl (C=O) groups excluding carboxylic acids is 2. The molecule has 32 heavy (non-hydrogen) atoms. The third kappa shape index (κ3) is 5.53. The van der Waals surface area contributed by atoms with E-state index < -0.39 is 5.97 Å². The minimum atomic E-state index is -0.460. The van der Waals surface area contributed by atoms with Gasteiger partial charge in [-0.25, -0.2) is 14.3 Å². The van der Waals surface area contributed by atoms with Gasteiger partial charge in [-0.05, 0) is 43.2 Å². The number of benzene rings is 2. The normalized spacial score (nSPS) is 16.0. The van der Waals surface area contributed by atoms with Gasteiger partial charge in [0, 0.05) is 37.6 Å². The van der Waals surface area contributed by atoms with E-state index >= 15 is 0 Å². The maximum Gasteiger partial charge on any atom is 0.358 e. The second kappa shape index (κ2) is 10.1. The topological polar surface area (TPSA) is 88.5 Å². The van der Waals surface area contributed by atoms with Crippen molar-refractivity contribution in [3.8, 4) is 5.69 Å². The van der Waals surface area contributed by atoms with Crippen molar-refractivity contribution in [1.29, 1.82) is 0 Å². The monoisotopic (exact) mass is 433 g/mol. The molecule has 1 aliphatic heterocycles. The number of nitrogens with one attached hydrogen (secondary N) is 2. The van der Waals surface area contributed by atoms with Crippen molar-refractivity contribution in [1.82, 2.24) is 20.0 Å². The fourth-order valence-corrected chi connectivity index (χ4v) is 3.80. The van der Waals surface area contributed by atoms with Gasteiger partial charge in [-0.3, -0.25) is 4.90 Å². The van der Waals surface area contributed by atoms with Crippen molar-refractivity contribution in [2.24, 2.45) is 0 Å². The minimum absolute atomic E-state index is 0.111. The molecule has 0 bridgehead atoms. The Labute approximate surface area is 187 Å². The van der Waals surface area contributed by atoms with Crippen molar-refractivity contribution < 1.29 is 14.3 Å². The number of aromatic nitrogens is 2. The Morgan fingerprint density at radius 1 is 1.12 bits per heavy atom. The molecule has 0 unspecified atom stereocenters. The predicted octanol–water partition coefficient (Wildman–Crippen LogP) is 3.45. The van der Waals surface area contributed by atoms with Gasteiger partial charge in [-0.1, -0.05) is 36.4 Å². The van der Waals surface area contributed by atoms with Crippen molar-refractivity contribution >= 4 is 17.7 Å². The molecule has 166 valence electrons. The summed E-state index contributed by atoms with van der Waals surface area (Å²) in [6.45, 7) is 4.72. The number of carbonyl (C=O) groups is 2. The zero-order valence-electron chi connectivity index (χ0n) is 18.0. The Morgan fingerprint density at radius 3 is 2.78 bits per heavy atom. The van der Waals surface area contributed by atoms with Crippen molar-refractivity contribution in [3.05, 3.63) is 78.1 Å². The first kappa shape index (κ1) is 21.6. The maximum atomic E-state index is 12.5. The third-order valence-electron chi connectivity index (χ3n) is 5.30. The van der Waals surface area contributed by atoms with Crippen LogP contribution in [-0.2, 0) is 11.3 Å². The van der Waals surface area contributed by atoms with Crippen LogP contribution in [0.25, 0.3) is 5.69 Å². The molecule has 0 spiro atoms. The highest BCUT2D eigenvalue weighted by molar-refractivity contribution is 5.90. The van der Waals surface area contributed by atoms with E-state index in [0.29, 0.717) is 12.3 Å². The Bertz CT molecular complexity index is 1070. The van der Waals surface area contributed by atoms with E-state index in [9.17, 15) is 9.59 Å². The molecule has 1 saturated heterocycles. The van der Waals surface area contributed by atoms with E-state index in [2.05, 4.69) is 32.8 Å². The smallest absolute Gasteiger partial charge is 0.358 e. The van der Waals surface area contributed by atoms with E-state index in [0.717, 1.165) is 31.7 Å². The molecular weight excluding hydrogens is 406 g/mol. The molecule has 1 aromatic heterocycles. The first-order valence-corrected chi connectivity index (χ1v) is 10.8. The molecular formula is C24H27N5O3. The van der Waals surface area contributed by atoms with Gasteiger partial charge in [-0.15, -0.1) is 0 Å². The van der Waals surface area contributed by atoms with Crippen LogP contribution >= 0.6 is 0 Å².